The Morgan fingerprint density at radius 1 is 1.28 bits per heavy atom. The summed E-state index contributed by atoms with van der Waals surface area (Å²) in [6, 6.07) is 9.56. The number of aromatic nitrogens is 2. The fourth-order valence-corrected chi connectivity index (χ4v) is 5.68. The molecule has 2 aliphatic heterocycles. The first-order valence-corrected chi connectivity index (χ1v) is 10.6. The zero-order valence-electron chi connectivity index (χ0n) is 15.8. The van der Waals surface area contributed by atoms with Crippen LogP contribution in [0.2, 0.25) is 0 Å². The van der Waals surface area contributed by atoms with Crippen LogP contribution in [-0.4, -0.2) is 51.8 Å². The van der Waals surface area contributed by atoms with Crippen LogP contribution in [0, 0.1) is 0 Å². The van der Waals surface area contributed by atoms with E-state index in [4.69, 9.17) is 4.74 Å². The van der Waals surface area contributed by atoms with Gasteiger partial charge in [-0.3, -0.25) is 9.89 Å². The Kier molecular flexibility index (Phi) is 4.40. The number of carboxylic acid groups (broad SMARTS) is 1. The van der Waals surface area contributed by atoms with Gasteiger partial charge in [-0.25, -0.2) is 4.79 Å². The van der Waals surface area contributed by atoms with Gasteiger partial charge in [0.1, 0.15) is 10.5 Å². The van der Waals surface area contributed by atoms with Crippen molar-refractivity contribution in [1.82, 2.24) is 15.1 Å². The van der Waals surface area contributed by atoms with Gasteiger partial charge in [0, 0.05) is 23.4 Å². The Morgan fingerprint density at radius 2 is 2.07 bits per heavy atom. The molecule has 1 fully saturated rings. The quantitative estimate of drug-likeness (QED) is 0.691. The number of nitrogens with one attached hydrogen (secondary N) is 1. The Hall–Kier alpha value is -2.71. The Balaban J connectivity index is 1.31. The summed E-state index contributed by atoms with van der Waals surface area (Å²) >= 11 is 1.32. The number of ether oxygens (including phenoxy) is 1. The largest absolute Gasteiger partial charge is 0.477 e. The molecule has 0 bridgehead atoms. The molecule has 0 radical (unpaired) electrons. The van der Waals surface area contributed by atoms with Crippen molar-refractivity contribution < 1.29 is 19.4 Å². The number of hydrogen-bond acceptors (Lipinski definition) is 5. The summed E-state index contributed by atoms with van der Waals surface area (Å²) in [5, 5.41) is 17.6. The summed E-state index contributed by atoms with van der Waals surface area (Å²) in [7, 11) is 0. The number of aromatic amines is 1. The van der Waals surface area contributed by atoms with E-state index in [9.17, 15) is 14.7 Å². The fraction of sp³-hybridized carbons (Fsp3) is 0.381. The smallest absolute Gasteiger partial charge is 0.345 e. The summed E-state index contributed by atoms with van der Waals surface area (Å²) in [4.78, 5) is 27.5. The molecule has 8 heteroatoms. The minimum absolute atomic E-state index is 0.0719. The van der Waals surface area contributed by atoms with Gasteiger partial charge >= 0.3 is 5.97 Å². The van der Waals surface area contributed by atoms with Gasteiger partial charge in [0.25, 0.3) is 0 Å². The third-order valence-electron chi connectivity index (χ3n) is 5.98. The molecule has 2 N–H and O–H groups in total. The number of aromatic carboxylic acids is 1. The number of rotatable bonds is 3. The van der Waals surface area contributed by atoms with E-state index in [0.717, 1.165) is 33.5 Å². The molecule has 2 aliphatic rings. The zero-order chi connectivity index (χ0) is 20.0. The van der Waals surface area contributed by atoms with E-state index in [1.165, 1.54) is 11.3 Å². The van der Waals surface area contributed by atoms with E-state index in [1.807, 2.05) is 29.2 Å². The van der Waals surface area contributed by atoms with Gasteiger partial charge in [0.05, 0.1) is 24.2 Å². The highest BCUT2D eigenvalue weighted by atomic mass is 32.1. The van der Waals surface area contributed by atoms with Crippen molar-refractivity contribution in [3.8, 4) is 0 Å². The summed E-state index contributed by atoms with van der Waals surface area (Å²) < 4.78 is 6.18. The van der Waals surface area contributed by atoms with E-state index in [0.29, 0.717) is 43.8 Å². The lowest BCUT2D eigenvalue weighted by molar-refractivity contribution is -0.139. The number of thiophene rings is 1. The summed E-state index contributed by atoms with van der Waals surface area (Å²) in [6.07, 6.45) is 2.42. The second kappa shape index (κ2) is 6.96. The number of H-pyrrole nitrogens is 1. The lowest BCUT2D eigenvalue weighted by Crippen LogP contribution is -2.48. The molecule has 150 valence electrons. The van der Waals surface area contributed by atoms with Crippen molar-refractivity contribution >= 4 is 34.1 Å². The number of fused-ring (bicyclic) bond motifs is 3. The number of nitrogens with zero attached hydrogens (tertiary/aromatic N) is 2. The topological polar surface area (TPSA) is 95.5 Å². The van der Waals surface area contributed by atoms with Crippen LogP contribution in [0.4, 0.5) is 0 Å². The highest BCUT2D eigenvalue weighted by Gasteiger charge is 2.43. The monoisotopic (exact) mass is 411 g/mol. The lowest BCUT2D eigenvalue weighted by atomic mass is 9.85. The maximum Gasteiger partial charge on any atom is 0.345 e. The van der Waals surface area contributed by atoms with Gasteiger partial charge in [-0.15, -0.1) is 11.3 Å². The first-order chi connectivity index (χ1) is 14.1. The van der Waals surface area contributed by atoms with Gasteiger partial charge in [0.2, 0.25) is 5.91 Å². The van der Waals surface area contributed by atoms with Crippen LogP contribution >= 0.6 is 11.3 Å². The molecule has 3 aromatic rings. The molecule has 1 aromatic carbocycles. The van der Waals surface area contributed by atoms with Gasteiger partial charge in [-0.1, -0.05) is 18.2 Å². The molecule has 1 saturated heterocycles. The molecule has 2 aromatic heterocycles. The molecule has 0 unspecified atom stereocenters. The first-order valence-electron chi connectivity index (χ1n) is 9.76. The van der Waals surface area contributed by atoms with Crippen LogP contribution in [0.15, 0.2) is 30.3 Å². The number of hydrogen-bond donors (Lipinski definition) is 2. The number of amides is 1. The van der Waals surface area contributed by atoms with Crippen molar-refractivity contribution in [3.63, 3.8) is 0 Å². The molecule has 5 rings (SSSR count). The molecule has 0 aliphatic carbocycles. The van der Waals surface area contributed by atoms with E-state index >= 15 is 0 Å². The Bertz CT molecular complexity index is 1090. The van der Waals surface area contributed by atoms with Gasteiger partial charge < -0.3 is 14.7 Å². The molecule has 0 atom stereocenters. The van der Waals surface area contributed by atoms with Crippen LogP contribution < -0.4 is 0 Å². The van der Waals surface area contributed by atoms with Crippen LogP contribution in [0.5, 0.6) is 0 Å². The second-order valence-corrected chi connectivity index (χ2v) is 8.69. The third-order valence-corrected chi connectivity index (χ3v) is 7.33. The lowest BCUT2D eigenvalue weighted by Gasteiger charge is -2.43. The van der Waals surface area contributed by atoms with Crippen LogP contribution in [0.3, 0.4) is 0 Å². The Morgan fingerprint density at radius 3 is 2.86 bits per heavy atom. The van der Waals surface area contributed by atoms with Crippen molar-refractivity contribution in [3.05, 3.63) is 51.3 Å². The minimum atomic E-state index is -0.890. The van der Waals surface area contributed by atoms with Crippen LogP contribution in [0.25, 0.3) is 10.9 Å². The normalized spacial score (nSPS) is 18.1. The maximum absolute atomic E-state index is 12.9. The first kappa shape index (κ1) is 18.3. The number of benzene rings is 1. The number of carbonyl (C=O) groups is 2. The second-order valence-electron chi connectivity index (χ2n) is 7.64. The SMILES string of the molecule is O=C(O)c1cc2c(s1)C1(CCN(C(=O)Cc3[nH]nc4ccccc34)CC1)OCC2. The fourth-order valence-electron chi connectivity index (χ4n) is 4.43. The standard InChI is InChI=1S/C21H21N3O4S/c25-18(12-16-14-3-1-2-4-15(14)22-23-16)24-8-6-21(7-9-24)19-13(5-10-28-21)11-17(29-19)20(26)27/h1-4,11H,5-10,12H2,(H,22,23)(H,26,27). The van der Waals surface area contributed by atoms with E-state index < -0.39 is 11.6 Å². The minimum Gasteiger partial charge on any atom is -0.477 e. The molecule has 29 heavy (non-hydrogen) atoms. The van der Waals surface area contributed by atoms with Crippen LogP contribution in [-0.2, 0) is 28.0 Å². The zero-order valence-corrected chi connectivity index (χ0v) is 16.6. The van der Waals surface area contributed by atoms with E-state index in [-0.39, 0.29) is 5.91 Å². The average Bonchev–Trinajstić information content (AvgIpc) is 3.34. The molecular formula is C21H21N3O4S. The summed E-state index contributed by atoms with van der Waals surface area (Å²) in [6.45, 7) is 1.80. The molecule has 1 spiro atoms. The Labute approximate surface area is 171 Å². The van der Waals surface area contributed by atoms with Crippen LogP contribution in [0.1, 0.15) is 38.6 Å². The van der Waals surface area contributed by atoms with Crippen molar-refractivity contribution in [1.29, 1.82) is 0 Å². The van der Waals surface area contributed by atoms with E-state index in [1.54, 1.807) is 6.07 Å². The number of para-hydroxylation sites is 1. The molecule has 7 nitrogen and oxygen atoms in total. The highest BCUT2D eigenvalue weighted by Crippen LogP contribution is 2.45. The van der Waals surface area contributed by atoms with Crippen molar-refractivity contribution in [2.45, 2.75) is 31.3 Å². The van der Waals surface area contributed by atoms with Crippen molar-refractivity contribution in [2.75, 3.05) is 19.7 Å². The van der Waals surface area contributed by atoms with Crippen molar-refractivity contribution in [2.24, 2.45) is 0 Å². The van der Waals surface area contributed by atoms with Gasteiger partial charge in [0.15, 0.2) is 0 Å². The average molecular weight is 411 g/mol. The molecule has 0 saturated carbocycles. The number of carbonyl (C=O) groups excluding carboxylic acids is 1. The maximum atomic E-state index is 12.9. The predicted molar refractivity (Wildman–Crippen MR) is 108 cm³/mol. The summed E-state index contributed by atoms with van der Waals surface area (Å²) in [5.41, 5.74) is 2.33. The van der Waals surface area contributed by atoms with E-state index in [2.05, 4.69) is 10.2 Å². The molecule has 1 amide bonds. The highest BCUT2D eigenvalue weighted by molar-refractivity contribution is 7.14. The molecule has 4 heterocycles. The summed E-state index contributed by atoms with van der Waals surface area (Å²) in [5.74, 6) is -0.818. The predicted octanol–water partition coefficient (Wildman–Crippen LogP) is 2.96. The number of piperidine rings is 1. The third kappa shape index (κ3) is 3.12. The number of likely N-dealkylation sites (tertiary alicyclic amines) is 1. The van der Waals surface area contributed by atoms with Gasteiger partial charge in [-0.05, 0) is 37.0 Å². The number of carboxylic acids is 1. The van der Waals surface area contributed by atoms with Gasteiger partial charge in [-0.2, -0.15) is 5.10 Å². The molecular weight excluding hydrogens is 390 g/mol.